The van der Waals surface area contributed by atoms with Gasteiger partial charge in [-0.1, -0.05) is 37.0 Å². The van der Waals surface area contributed by atoms with Gasteiger partial charge in [0.05, 0.1) is 15.2 Å². The summed E-state index contributed by atoms with van der Waals surface area (Å²) < 4.78 is 5.10. The van der Waals surface area contributed by atoms with Crippen molar-refractivity contribution in [3.63, 3.8) is 0 Å². The van der Waals surface area contributed by atoms with E-state index >= 15 is 0 Å². The largest absolute Gasteiger partial charge is 0.497 e. The Morgan fingerprint density at radius 1 is 1.00 bits per heavy atom. The molecule has 0 saturated heterocycles. The molecule has 0 heterocycles. The molecule has 0 aromatic heterocycles. The number of methoxy groups -OCH3 is 1. The lowest BCUT2D eigenvalue weighted by molar-refractivity contribution is 0.415. The van der Waals surface area contributed by atoms with E-state index in [1.807, 2.05) is 12.1 Å². The quantitative estimate of drug-likeness (QED) is 0.634. The van der Waals surface area contributed by atoms with Crippen molar-refractivity contribution in [3.8, 4) is 5.75 Å². The van der Waals surface area contributed by atoms with Crippen molar-refractivity contribution in [2.45, 2.75) is 19.6 Å². The van der Waals surface area contributed by atoms with Gasteiger partial charge < -0.3 is 4.74 Å². The predicted octanol–water partition coefficient (Wildman–Crippen LogP) is 2.24. The maximum absolute atomic E-state index is 5.10. The normalized spacial score (nSPS) is 11.3. The number of ether oxygens (including phenoxy) is 1. The zero-order valence-corrected chi connectivity index (χ0v) is 9.22. The van der Waals surface area contributed by atoms with E-state index in [0.29, 0.717) is 0 Å². The van der Waals surface area contributed by atoms with Gasteiger partial charge >= 0.3 is 0 Å². The van der Waals surface area contributed by atoms with Crippen molar-refractivity contribution in [1.82, 2.24) is 0 Å². The lowest BCUT2D eigenvalue weighted by Crippen LogP contribution is -2.37. The Hall–Kier alpha value is -0.763. The Bertz CT molecular complexity index is 246. The second-order valence-electron chi connectivity index (χ2n) is 3.98. The zero-order valence-electron chi connectivity index (χ0n) is 8.22. The van der Waals surface area contributed by atoms with Crippen molar-refractivity contribution < 1.29 is 4.74 Å². The van der Waals surface area contributed by atoms with Crippen LogP contribution < -0.4 is 9.92 Å². The third-order valence-corrected chi connectivity index (χ3v) is 4.02. The summed E-state index contributed by atoms with van der Waals surface area (Å²) in [5.41, 5.74) is 0. The summed E-state index contributed by atoms with van der Waals surface area (Å²) >= 11 is 0. The van der Waals surface area contributed by atoms with Gasteiger partial charge in [-0.3, -0.25) is 0 Å². The van der Waals surface area contributed by atoms with E-state index in [2.05, 4.69) is 31.8 Å². The summed E-state index contributed by atoms with van der Waals surface area (Å²) in [4.78, 5) is 0. The lowest BCUT2D eigenvalue weighted by atomic mass is 10.3. The lowest BCUT2D eigenvalue weighted by Gasteiger charge is -2.16. The van der Waals surface area contributed by atoms with Crippen LogP contribution in [0.3, 0.4) is 0 Å². The van der Waals surface area contributed by atoms with Gasteiger partial charge in [0.1, 0.15) is 5.75 Å². The molecule has 2 heteroatoms. The molecule has 0 atom stereocenters. The Labute approximate surface area is 75.4 Å². The van der Waals surface area contributed by atoms with Crippen LogP contribution in [0.25, 0.3) is 0 Å². The minimum atomic E-state index is -1.12. The molecule has 0 fully saturated rings. The molecule has 0 spiro atoms. The minimum Gasteiger partial charge on any atom is -0.497 e. The van der Waals surface area contributed by atoms with E-state index in [9.17, 15) is 0 Å². The highest BCUT2D eigenvalue weighted by Crippen LogP contribution is 2.09. The Morgan fingerprint density at radius 3 is 1.83 bits per heavy atom. The molecule has 1 rings (SSSR count). The van der Waals surface area contributed by atoms with Gasteiger partial charge in [-0.25, -0.2) is 0 Å². The van der Waals surface area contributed by atoms with Gasteiger partial charge in [-0.2, -0.15) is 0 Å². The Morgan fingerprint density at radius 2 is 1.50 bits per heavy atom. The van der Waals surface area contributed by atoms with Crippen molar-refractivity contribution in [1.29, 1.82) is 0 Å². The molecular weight excluding hydrogens is 164 g/mol. The summed E-state index contributed by atoms with van der Waals surface area (Å²) in [6.45, 7) is 7.03. The van der Waals surface area contributed by atoms with Crippen LogP contribution in [-0.2, 0) is 0 Å². The average molecular weight is 180 g/mol. The summed E-state index contributed by atoms with van der Waals surface area (Å²) in [6.07, 6.45) is 0. The minimum absolute atomic E-state index is 0.942. The van der Waals surface area contributed by atoms with Crippen LogP contribution in [0.1, 0.15) is 0 Å². The summed E-state index contributed by atoms with van der Waals surface area (Å²) in [5.74, 6) is 0.942. The molecule has 0 amide bonds. The monoisotopic (exact) mass is 180 g/mol. The number of benzene rings is 1. The van der Waals surface area contributed by atoms with E-state index < -0.39 is 8.07 Å². The van der Waals surface area contributed by atoms with Gasteiger partial charge in [-0.05, 0) is 12.1 Å². The fourth-order valence-corrected chi connectivity index (χ4v) is 2.26. The first-order valence-electron chi connectivity index (χ1n) is 4.18. The van der Waals surface area contributed by atoms with E-state index in [1.165, 1.54) is 5.19 Å². The number of hydrogen-bond acceptors (Lipinski definition) is 1. The fraction of sp³-hybridized carbons (Fsp3) is 0.400. The molecular formula is C10H16OSi. The first kappa shape index (κ1) is 9.33. The molecule has 0 radical (unpaired) electrons. The van der Waals surface area contributed by atoms with E-state index in [1.54, 1.807) is 7.11 Å². The molecule has 1 aromatic carbocycles. The van der Waals surface area contributed by atoms with Crippen molar-refractivity contribution >= 4 is 13.3 Å². The van der Waals surface area contributed by atoms with E-state index in [4.69, 9.17) is 4.74 Å². The maximum atomic E-state index is 5.10. The standard InChI is InChI=1S/C10H16OSi/c1-11-9-5-7-10(8-6-9)12(2,3)4/h5-8H,1-4H3. The summed E-state index contributed by atoms with van der Waals surface area (Å²) in [5, 5.41) is 1.48. The van der Waals surface area contributed by atoms with Crippen LogP contribution in [0, 0.1) is 0 Å². The molecule has 12 heavy (non-hydrogen) atoms. The molecule has 0 bridgehead atoms. The van der Waals surface area contributed by atoms with Crippen molar-refractivity contribution in [2.24, 2.45) is 0 Å². The van der Waals surface area contributed by atoms with Gasteiger partial charge in [-0.15, -0.1) is 0 Å². The van der Waals surface area contributed by atoms with Crippen LogP contribution >= 0.6 is 0 Å². The van der Waals surface area contributed by atoms with Gasteiger partial charge in [0, 0.05) is 0 Å². The van der Waals surface area contributed by atoms with Gasteiger partial charge in [0.2, 0.25) is 0 Å². The molecule has 1 nitrogen and oxygen atoms in total. The number of hydrogen-bond donors (Lipinski definition) is 0. The third-order valence-electron chi connectivity index (χ3n) is 1.96. The fourth-order valence-electron chi connectivity index (χ4n) is 1.09. The topological polar surface area (TPSA) is 9.23 Å². The summed E-state index contributed by atoms with van der Waals surface area (Å²) in [6, 6.07) is 8.41. The first-order valence-corrected chi connectivity index (χ1v) is 7.68. The highest BCUT2D eigenvalue weighted by Gasteiger charge is 2.15. The molecule has 0 aliphatic rings. The van der Waals surface area contributed by atoms with Crippen molar-refractivity contribution in [3.05, 3.63) is 24.3 Å². The molecule has 0 N–H and O–H groups in total. The summed E-state index contributed by atoms with van der Waals surface area (Å²) in [7, 11) is 0.573. The number of rotatable bonds is 2. The van der Waals surface area contributed by atoms with Crippen LogP contribution in [-0.4, -0.2) is 15.2 Å². The van der Waals surface area contributed by atoms with Gasteiger partial charge in [0.15, 0.2) is 0 Å². The smallest absolute Gasteiger partial charge is 0.118 e. The molecule has 0 unspecified atom stereocenters. The van der Waals surface area contributed by atoms with E-state index in [-0.39, 0.29) is 0 Å². The molecule has 1 aromatic rings. The third kappa shape index (κ3) is 2.11. The predicted molar refractivity (Wildman–Crippen MR) is 56.0 cm³/mol. The second kappa shape index (κ2) is 3.31. The van der Waals surface area contributed by atoms with Crippen molar-refractivity contribution in [2.75, 3.05) is 7.11 Å². The second-order valence-corrected chi connectivity index (χ2v) is 9.06. The van der Waals surface area contributed by atoms with Crippen LogP contribution in [0.2, 0.25) is 19.6 Å². The van der Waals surface area contributed by atoms with Gasteiger partial charge in [0.25, 0.3) is 0 Å². The van der Waals surface area contributed by atoms with Crippen LogP contribution in [0.5, 0.6) is 5.75 Å². The molecule has 0 aliphatic carbocycles. The highest BCUT2D eigenvalue weighted by molar-refractivity contribution is 6.88. The molecule has 0 saturated carbocycles. The SMILES string of the molecule is COc1ccc([Si](C)(C)C)cc1. The highest BCUT2D eigenvalue weighted by atomic mass is 28.3. The Balaban J connectivity index is 2.93. The van der Waals surface area contributed by atoms with Crippen LogP contribution in [0.4, 0.5) is 0 Å². The zero-order chi connectivity index (χ0) is 9.19. The first-order chi connectivity index (χ1) is 5.54. The Kier molecular flexibility index (Phi) is 2.57. The molecule has 66 valence electrons. The molecule has 0 aliphatic heterocycles. The van der Waals surface area contributed by atoms with Crippen LogP contribution in [0.15, 0.2) is 24.3 Å². The maximum Gasteiger partial charge on any atom is 0.118 e. The average Bonchev–Trinajstić information content (AvgIpc) is 2.03. The van der Waals surface area contributed by atoms with E-state index in [0.717, 1.165) is 5.75 Å².